The number of hydrogen-bond acceptors (Lipinski definition) is 4. The van der Waals surface area contributed by atoms with Gasteiger partial charge in [0.25, 0.3) is 11.8 Å². The van der Waals surface area contributed by atoms with Crippen LogP contribution in [0.25, 0.3) is 0 Å². The molecule has 2 amide bonds. The number of carbonyl (C=O) groups excluding carboxylic acids is 2. The molecule has 0 aliphatic rings. The summed E-state index contributed by atoms with van der Waals surface area (Å²) in [5, 5.41) is -0.669. The molecule has 0 radical (unpaired) electrons. The van der Waals surface area contributed by atoms with Gasteiger partial charge in [-0.05, 0) is 48.0 Å². The van der Waals surface area contributed by atoms with Crippen molar-refractivity contribution in [3.05, 3.63) is 52.3 Å². The van der Waals surface area contributed by atoms with E-state index in [1.807, 2.05) is 0 Å². The lowest BCUT2D eigenvalue weighted by molar-refractivity contribution is 0.0842. The van der Waals surface area contributed by atoms with Crippen molar-refractivity contribution in [3.8, 4) is 0 Å². The molecule has 0 saturated heterocycles. The summed E-state index contributed by atoms with van der Waals surface area (Å²) in [7, 11) is -3.63. The fourth-order valence-electron chi connectivity index (χ4n) is 1.90. The van der Waals surface area contributed by atoms with Gasteiger partial charge in [0.1, 0.15) is 5.69 Å². The Balaban J connectivity index is 2.18. The first-order valence-electron chi connectivity index (χ1n) is 7.01. The van der Waals surface area contributed by atoms with Crippen LogP contribution in [0.1, 0.15) is 34.7 Å². The highest BCUT2D eigenvalue weighted by molar-refractivity contribution is 9.10. The minimum absolute atomic E-state index is 0.0285. The molecule has 1 heterocycles. The molecule has 3 N–H and O–H groups in total. The van der Waals surface area contributed by atoms with Gasteiger partial charge in [-0.3, -0.25) is 20.4 Å². The van der Waals surface area contributed by atoms with Crippen LogP contribution in [0.2, 0.25) is 0 Å². The van der Waals surface area contributed by atoms with Gasteiger partial charge in [-0.15, -0.1) is 0 Å². The number of nitrogens with one attached hydrogen (secondary N) is 3. The van der Waals surface area contributed by atoms with E-state index in [-0.39, 0.29) is 16.2 Å². The lowest BCUT2D eigenvalue weighted by atomic mass is 10.2. The van der Waals surface area contributed by atoms with Gasteiger partial charge in [-0.25, -0.2) is 8.42 Å². The Bertz CT molecular complexity index is 874. The standard InChI is InChI=1S/C15H16BrN3O4S/c1-9(2)24(22,23)13-6-4-3-5-11(13)14(20)18-19-15(21)12-7-10(16)8-17-12/h3-9,17H,1-2H3,(H,18,20)(H,19,21). The van der Waals surface area contributed by atoms with Crippen molar-refractivity contribution in [1.29, 1.82) is 0 Å². The van der Waals surface area contributed by atoms with Crippen molar-refractivity contribution in [2.24, 2.45) is 0 Å². The Morgan fingerprint density at radius 2 is 1.75 bits per heavy atom. The summed E-state index contributed by atoms with van der Waals surface area (Å²) >= 11 is 3.20. The average Bonchev–Trinajstić information content (AvgIpc) is 2.98. The maximum absolute atomic E-state index is 12.3. The lowest BCUT2D eigenvalue weighted by Gasteiger charge is -2.13. The smallest absolute Gasteiger partial charge is 0.286 e. The number of amides is 2. The third-order valence-corrected chi connectivity index (χ3v) is 5.91. The van der Waals surface area contributed by atoms with Crippen molar-refractivity contribution < 1.29 is 18.0 Å². The first-order chi connectivity index (χ1) is 11.2. The predicted octanol–water partition coefficient (Wildman–Crippen LogP) is 2.03. The highest BCUT2D eigenvalue weighted by atomic mass is 79.9. The molecule has 1 aromatic carbocycles. The third-order valence-electron chi connectivity index (χ3n) is 3.24. The molecular weight excluding hydrogens is 398 g/mol. The molecule has 0 fully saturated rings. The SMILES string of the molecule is CC(C)S(=O)(=O)c1ccccc1C(=O)NNC(=O)c1cc(Br)c[nH]1. The van der Waals surface area contributed by atoms with Crippen molar-refractivity contribution in [2.75, 3.05) is 0 Å². The van der Waals surface area contributed by atoms with E-state index in [1.54, 1.807) is 24.4 Å². The molecule has 0 bridgehead atoms. The second kappa shape index (κ2) is 7.18. The van der Waals surface area contributed by atoms with Gasteiger partial charge < -0.3 is 4.98 Å². The number of aromatic nitrogens is 1. The summed E-state index contributed by atoms with van der Waals surface area (Å²) in [6, 6.07) is 7.40. The topological polar surface area (TPSA) is 108 Å². The largest absolute Gasteiger partial charge is 0.356 e. The Kier molecular flexibility index (Phi) is 5.45. The van der Waals surface area contributed by atoms with Crippen LogP contribution >= 0.6 is 15.9 Å². The molecule has 128 valence electrons. The Morgan fingerprint density at radius 1 is 1.12 bits per heavy atom. The number of benzene rings is 1. The summed E-state index contributed by atoms with van der Waals surface area (Å²) < 4.78 is 25.4. The molecule has 0 aliphatic heterocycles. The highest BCUT2D eigenvalue weighted by Crippen LogP contribution is 2.20. The van der Waals surface area contributed by atoms with Crippen LogP contribution in [-0.4, -0.2) is 30.5 Å². The van der Waals surface area contributed by atoms with Crippen LogP contribution in [0.4, 0.5) is 0 Å². The molecule has 0 saturated carbocycles. The Hall–Kier alpha value is -2.13. The predicted molar refractivity (Wildman–Crippen MR) is 92.2 cm³/mol. The van der Waals surface area contributed by atoms with Gasteiger partial charge >= 0.3 is 0 Å². The number of halogens is 1. The van der Waals surface area contributed by atoms with Gasteiger partial charge in [-0.1, -0.05) is 12.1 Å². The lowest BCUT2D eigenvalue weighted by Crippen LogP contribution is -2.42. The number of carbonyl (C=O) groups is 2. The molecule has 24 heavy (non-hydrogen) atoms. The van der Waals surface area contributed by atoms with Crippen molar-refractivity contribution in [2.45, 2.75) is 24.0 Å². The molecule has 2 aromatic rings. The van der Waals surface area contributed by atoms with Gasteiger partial charge in [0.15, 0.2) is 9.84 Å². The number of hydrogen-bond donors (Lipinski definition) is 3. The third kappa shape index (κ3) is 3.85. The molecule has 9 heteroatoms. The number of H-pyrrole nitrogens is 1. The van der Waals surface area contributed by atoms with Crippen LogP contribution in [-0.2, 0) is 9.84 Å². The van der Waals surface area contributed by atoms with Crippen LogP contribution in [0.3, 0.4) is 0 Å². The fraction of sp³-hybridized carbons (Fsp3) is 0.200. The van der Waals surface area contributed by atoms with Gasteiger partial charge in [-0.2, -0.15) is 0 Å². The fourth-order valence-corrected chi connectivity index (χ4v) is 3.49. The van der Waals surface area contributed by atoms with Gasteiger partial charge in [0, 0.05) is 10.7 Å². The van der Waals surface area contributed by atoms with Gasteiger partial charge in [0.05, 0.1) is 15.7 Å². The molecular formula is C15H16BrN3O4S. The zero-order valence-electron chi connectivity index (χ0n) is 13.0. The van der Waals surface area contributed by atoms with E-state index in [0.717, 1.165) is 0 Å². The van der Waals surface area contributed by atoms with E-state index in [2.05, 4.69) is 31.8 Å². The van der Waals surface area contributed by atoms with E-state index in [1.165, 1.54) is 26.0 Å². The van der Waals surface area contributed by atoms with Crippen LogP contribution in [0.5, 0.6) is 0 Å². The van der Waals surface area contributed by atoms with Crippen molar-refractivity contribution in [3.63, 3.8) is 0 Å². The first kappa shape index (κ1) is 18.2. The summed E-state index contributed by atoms with van der Waals surface area (Å²) in [6.07, 6.45) is 1.57. The minimum atomic E-state index is -3.63. The van der Waals surface area contributed by atoms with Crippen molar-refractivity contribution in [1.82, 2.24) is 15.8 Å². The average molecular weight is 414 g/mol. The first-order valence-corrected chi connectivity index (χ1v) is 9.35. The Labute approximate surface area is 147 Å². The second-order valence-corrected chi connectivity index (χ2v) is 8.62. The number of hydrazine groups is 1. The maximum Gasteiger partial charge on any atom is 0.286 e. The van der Waals surface area contributed by atoms with Crippen LogP contribution in [0.15, 0.2) is 45.9 Å². The molecule has 2 rings (SSSR count). The van der Waals surface area contributed by atoms with E-state index in [9.17, 15) is 18.0 Å². The highest BCUT2D eigenvalue weighted by Gasteiger charge is 2.25. The van der Waals surface area contributed by atoms with E-state index >= 15 is 0 Å². The van der Waals surface area contributed by atoms with Crippen LogP contribution < -0.4 is 10.9 Å². The summed E-state index contributed by atoms with van der Waals surface area (Å²) in [4.78, 5) is 26.8. The van der Waals surface area contributed by atoms with Crippen molar-refractivity contribution >= 4 is 37.6 Å². The molecule has 0 aliphatic carbocycles. The van der Waals surface area contributed by atoms with Gasteiger partial charge in [0.2, 0.25) is 0 Å². The zero-order valence-corrected chi connectivity index (χ0v) is 15.4. The molecule has 0 spiro atoms. The Morgan fingerprint density at radius 3 is 2.33 bits per heavy atom. The summed E-state index contributed by atoms with van der Waals surface area (Å²) in [5.41, 5.74) is 4.67. The van der Waals surface area contributed by atoms with E-state index in [4.69, 9.17) is 0 Å². The molecule has 1 aromatic heterocycles. The number of sulfone groups is 1. The summed E-state index contributed by atoms with van der Waals surface area (Å²) in [5.74, 6) is -1.27. The quantitative estimate of drug-likeness (QED) is 0.666. The second-order valence-electron chi connectivity index (χ2n) is 5.23. The molecule has 0 atom stereocenters. The summed E-state index contributed by atoms with van der Waals surface area (Å²) in [6.45, 7) is 3.07. The zero-order chi connectivity index (χ0) is 17.9. The monoisotopic (exact) mass is 413 g/mol. The molecule has 0 unspecified atom stereocenters. The normalized spacial score (nSPS) is 11.3. The molecule has 7 nitrogen and oxygen atoms in total. The van der Waals surface area contributed by atoms with E-state index in [0.29, 0.717) is 4.47 Å². The number of aromatic amines is 1. The van der Waals surface area contributed by atoms with E-state index < -0.39 is 26.9 Å². The van der Waals surface area contributed by atoms with Crippen LogP contribution in [0, 0.1) is 0 Å². The number of rotatable bonds is 4. The maximum atomic E-state index is 12.3. The minimum Gasteiger partial charge on any atom is -0.356 e.